The second-order valence-electron chi connectivity index (χ2n) is 2.87. The van der Waals surface area contributed by atoms with E-state index in [-0.39, 0.29) is 11.8 Å². The minimum atomic E-state index is -0.178. The predicted octanol–water partition coefficient (Wildman–Crippen LogP) is 2.89. The number of anilines is 1. The highest BCUT2D eigenvalue weighted by atomic mass is 35.5. The van der Waals surface area contributed by atoms with Crippen molar-refractivity contribution in [2.45, 2.75) is 11.8 Å². The number of hydrogen-bond donors (Lipinski definition) is 1. The molecule has 1 rings (SSSR count). The molecule has 0 atom stereocenters. The molecule has 4 heteroatoms. The molecule has 76 valence electrons. The van der Waals surface area contributed by atoms with Crippen molar-refractivity contribution < 1.29 is 4.79 Å². The predicted molar refractivity (Wildman–Crippen MR) is 62.3 cm³/mol. The summed E-state index contributed by atoms with van der Waals surface area (Å²) < 4.78 is 0. The van der Waals surface area contributed by atoms with Crippen LogP contribution in [0.1, 0.15) is 5.56 Å². The highest BCUT2D eigenvalue weighted by Gasteiger charge is 2.02. The van der Waals surface area contributed by atoms with E-state index in [9.17, 15) is 4.79 Å². The molecule has 2 nitrogen and oxygen atoms in total. The molecule has 0 saturated heterocycles. The lowest BCUT2D eigenvalue weighted by atomic mass is 10.2. The fourth-order valence-corrected chi connectivity index (χ4v) is 1.79. The van der Waals surface area contributed by atoms with Gasteiger partial charge in [-0.3, -0.25) is 4.79 Å². The van der Waals surface area contributed by atoms with Crippen LogP contribution in [0.3, 0.4) is 0 Å². The van der Waals surface area contributed by atoms with Crippen molar-refractivity contribution in [2.24, 2.45) is 0 Å². The van der Waals surface area contributed by atoms with Gasteiger partial charge in [-0.05, 0) is 30.9 Å². The van der Waals surface area contributed by atoms with Crippen LogP contribution in [-0.2, 0) is 4.79 Å². The third kappa shape index (κ3) is 2.93. The van der Waals surface area contributed by atoms with Crippen LogP contribution in [0.25, 0.3) is 0 Å². The van der Waals surface area contributed by atoms with E-state index in [1.54, 1.807) is 11.8 Å². The number of amides is 1. The third-order valence-corrected chi connectivity index (χ3v) is 2.94. The number of halogens is 1. The van der Waals surface area contributed by atoms with Gasteiger partial charge in [-0.25, -0.2) is 0 Å². The van der Waals surface area contributed by atoms with Gasteiger partial charge in [0.1, 0.15) is 5.88 Å². The Morgan fingerprint density at radius 2 is 2.29 bits per heavy atom. The first-order chi connectivity index (χ1) is 6.67. The summed E-state index contributed by atoms with van der Waals surface area (Å²) in [5.41, 5.74) is 2.01. The summed E-state index contributed by atoms with van der Waals surface area (Å²) in [6.45, 7) is 2.04. The molecule has 0 bridgehead atoms. The van der Waals surface area contributed by atoms with E-state index in [2.05, 4.69) is 5.32 Å². The molecule has 0 aromatic heterocycles. The molecule has 0 heterocycles. The van der Waals surface area contributed by atoms with Crippen LogP contribution >= 0.6 is 23.4 Å². The molecule has 0 saturated carbocycles. The van der Waals surface area contributed by atoms with Gasteiger partial charge in [0.05, 0.1) is 0 Å². The van der Waals surface area contributed by atoms with E-state index in [1.165, 1.54) is 5.56 Å². The van der Waals surface area contributed by atoms with E-state index >= 15 is 0 Å². The van der Waals surface area contributed by atoms with Crippen molar-refractivity contribution in [2.75, 3.05) is 17.5 Å². The first-order valence-corrected chi connectivity index (χ1v) is 5.93. The van der Waals surface area contributed by atoms with Gasteiger partial charge >= 0.3 is 0 Å². The van der Waals surface area contributed by atoms with Crippen molar-refractivity contribution in [3.05, 3.63) is 23.8 Å². The lowest BCUT2D eigenvalue weighted by molar-refractivity contribution is -0.113. The maximum absolute atomic E-state index is 11.0. The normalized spacial score (nSPS) is 9.93. The lowest BCUT2D eigenvalue weighted by Crippen LogP contribution is -2.12. The zero-order chi connectivity index (χ0) is 10.6. The molecule has 0 radical (unpaired) electrons. The Morgan fingerprint density at radius 3 is 2.86 bits per heavy atom. The van der Waals surface area contributed by atoms with E-state index in [4.69, 9.17) is 11.6 Å². The summed E-state index contributed by atoms with van der Waals surface area (Å²) in [7, 11) is 0. The molecule has 0 spiro atoms. The van der Waals surface area contributed by atoms with Gasteiger partial charge in [0, 0.05) is 10.6 Å². The van der Waals surface area contributed by atoms with Gasteiger partial charge in [-0.1, -0.05) is 6.07 Å². The second kappa shape index (κ2) is 5.27. The monoisotopic (exact) mass is 229 g/mol. The van der Waals surface area contributed by atoms with Crippen LogP contribution in [0.2, 0.25) is 0 Å². The number of rotatable bonds is 3. The summed E-state index contributed by atoms with van der Waals surface area (Å²) in [6, 6.07) is 5.81. The van der Waals surface area contributed by atoms with Crippen LogP contribution in [0, 0.1) is 6.92 Å². The quantitative estimate of drug-likeness (QED) is 0.638. The number of carbonyl (C=O) groups is 1. The second-order valence-corrected chi connectivity index (χ2v) is 3.98. The van der Waals surface area contributed by atoms with Crippen LogP contribution < -0.4 is 5.32 Å². The summed E-state index contributed by atoms with van der Waals surface area (Å²) in [5, 5.41) is 2.71. The number of benzene rings is 1. The molecule has 1 amide bonds. The first kappa shape index (κ1) is 11.4. The number of nitrogens with one attached hydrogen (secondary N) is 1. The molecule has 0 aliphatic rings. The number of aryl methyl sites for hydroxylation is 1. The third-order valence-electron chi connectivity index (χ3n) is 1.81. The van der Waals surface area contributed by atoms with Crippen LogP contribution in [0.15, 0.2) is 23.1 Å². The minimum absolute atomic E-state index is 0.0114. The highest BCUT2D eigenvalue weighted by Crippen LogP contribution is 2.23. The van der Waals surface area contributed by atoms with Gasteiger partial charge in [-0.2, -0.15) is 0 Å². The summed E-state index contributed by atoms with van der Waals surface area (Å²) >= 11 is 7.05. The zero-order valence-corrected chi connectivity index (χ0v) is 9.71. The molecule has 0 fully saturated rings. The Balaban J connectivity index is 2.84. The van der Waals surface area contributed by atoms with Gasteiger partial charge < -0.3 is 5.32 Å². The topological polar surface area (TPSA) is 29.1 Å². The molecular weight excluding hydrogens is 218 g/mol. The van der Waals surface area contributed by atoms with Crippen LogP contribution in [0.4, 0.5) is 5.69 Å². The largest absolute Gasteiger partial charge is 0.325 e. The van der Waals surface area contributed by atoms with E-state index < -0.39 is 0 Å². The van der Waals surface area contributed by atoms with Crippen molar-refractivity contribution in [3.63, 3.8) is 0 Å². The standard InChI is InChI=1S/C10H12ClNOS/c1-7-3-4-8(5-9(7)14-2)12-10(13)6-11/h3-5H,6H2,1-2H3,(H,12,13). The first-order valence-electron chi connectivity index (χ1n) is 4.18. The minimum Gasteiger partial charge on any atom is -0.325 e. The van der Waals surface area contributed by atoms with Crippen molar-refractivity contribution in [1.82, 2.24) is 0 Å². The van der Waals surface area contributed by atoms with Crippen LogP contribution in [0.5, 0.6) is 0 Å². The maximum Gasteiger partial charge on any atom is 0.239 e. The van der Waals surface area contributed by atoms with Gasteiger partial charge in [-0.15, -0.1) is 23.4 Å². The summed E-state index contributed by atoms with van der Waals surface area (Å²) in [5.74, 6) is -0.190. The fraction of sp³-hybridized carbons (Fsp3) is 0.300. The number of carbonyl (C=O) groups excluding carboxylic acids is 1. The number of alkyl halides is 1. The van der Waals surface area contributed by atoms with Gasteiger partial charge in [0.2, 0.25) is 5.91 Å². The van der Waals surface area contributed by atoms with Gasteiger partial charge in [0.25, 0.3) is 0 Å². The van der Waals surface area contributed by atoms with E-state index in [0.29, 0.717) is 0 Å². The number of hydrogen-bond acceptors (Lipinski definition) is 2. The fourth-order valence-electron chi connectivity index (χ4n) is 1.09. The van der Waals surface area contributed by atoms with E-state index in [0.717, 1.165) is 10.6 Å². The SMILES string of the molecule is CSc1cc(NC(=O)CCl)ccc1C. The average molecular weight is 230 g/mol. The Kier molecular flexibility index (Phi) is 4.29. The van der Waals surface area contributed by atoms with Gasteiger partial charge in [0.15, 0.2) is 0 Å². The smallest absolute Gasteiger partial charge is 0.239 e. The molecule has 0 aliphatic carbocycles. The van der Waals surface area contributed by atoms with Crippen molar-refractivity contribution in [3.8, 4) is 0 Å². The molecule has 0 aliphatic heterocycles. The van der Waals surface area contributed by atoms with E-state index in [1.807, 2.05) is 31.4 Å². The highest BCUT2D eigenvalue weighted by molar-refractivity contribution is 7.98. The molecule has 0 unspecified atom stereocenters. The molecule has 1 N–H and O–H groups in total. The Bertz CT molecular complexity index is 341. The molecular formula is C10H12ClNOS. The summed E-state index contributed by atoms with van der Waals surface area (Å²) in [6.07, 6.45) is 2.01. The molecule has 14 heavy (non-hydrogen) atoms. The molecule has 1 aromatic carbocycles. The Labute approximate surface area is 93.0 Å². The lowest BCUT2D eigenvalue weighted by Gasteiger charge is -2.07. The summed E-state index contributed by atoms with van der Waals surface area (Å²) in [4.78, 5) is 12.2. The Hall–Kier alpha value is -0.670. The number of thioether (sulfide) groups is 1. The van der Waals surface area contributed by atoms with Crippen LogP contribution in [-0.4, -0.2) is 18.0 Å². The maximum atomic E-state index is 11.0. The van der Waals surface area contributed by atoms with Crippen molar-refractivity contribution in [1.29, 1.82) is 0 Å². The van der Waals surface area contributed by atoms with Crippen molar-refractivity contribution >= 4 is 35.0 Å². The average Bonchev–Trinajstić information content (AvgIpc) is 2.20. The zero-order valence-electron chi connectivity index (χ0n) is 8.13. The molecule has 1 aromatic rings. The Morgan fingerprint density at radius 1 is 1.57 bits per heavy atom.